The second kappa shape index (κ2) is 11.2. The van der Waals surface area contributed by atoms with Crippen LogP contribution in [0.4, 0.5) is 0 Å². The van der Waals surface area contributed by atoms with Crippen molar-refractivity contribution in [2.75, 3.05) is 47.3 Å². The van der Waals surface area contributed by atoms with Crippen LogP contribution in [0.3, 0.4) is 0 Å². The van der Waals surface area contributed by atoms with Crippen LogP contribution in [-0.4, -0.2) is 59.5 Å². The minimum atomic E-state index is -0.636. The van der Waals surface area contributed by atoms with Gasteiger partial charge in [-0.1, -0.05) is 18.2 Å². The molecule has 0 aromatic heterocycles. The fraction of sp³-hybridized carbons (Fsp3) is 0.533. The van der Waals surface area contributed by atoms with E-state index in [2.05, 4.69) is 0 Å². The summed E-state index contributed by atoms with van der Waals surface area (Å²) in [4.78, 5) is 11.8. The maximum absolute atomic E-state index is 11.8. The van der Waals surface area contributed by atoms with Gasteiger partial charge in [0.15, 0.2) is 6.29 Å². The van der Waals surface area contributed by atoms with Gasteiger partial charge in [-0.25, -0.2) is 4.79 Å². The smallest absolute Gasteiger partial charge is 0.338 e. The molecule has 1 aromatic carbocycles. The van der Waals surface area contributed by atoms with E-state index in [4.69, 9.17) is 23.7 Å². The highest BCUT2D eigenvalue weighted by Crippen LogP contribution is 2.04. The fourth-order valence-electron chi connectivity index (χ4n) is 1.47. The first kappa shape index (κ1) is 17.6. The first-order valence-corrected chi connectivity index (χ1v) is 6.71. The Morgan fingerprint density at radius 3 is 2.05 bits per heavy atom. The molecule has 21 heavy (non-hydrogen) atoms. The van der Waals surface area contributed by atoms with Gasteiger partial charge in [-0.2, -0.15) is 0 Å². The highest BCUT2D eigenvalue weighted by molar-refractivity contribution is 5.89. The standard InChI is InChI=1S/C15H22O6/c1-17-8-10-19-14(20-11-9-18-2)12-21-15(16)13-6-4-3-5-7-13/h3-7,14H,8-12H2,1-2H3. The van der Waals surface area contributed by atoms with E-state index in [1.54, 1.807) is 38.5 Å². The molecule has 0 saturated heterocycles. The number of ether oxygens (including phenoxy) is 5. The number of rotatable bonds is 11. The van der Waals surface area contributed by atoms with Crippen LogP contribution >= 0.6 is 0 Å². The van der Waals surface area contributed by atoms with Gasteiger partial charge in [0, 0.05) is 14.2 Å². The second-order valence-corrected chi connectivity index (χ2v) is 4.12. The lowest BCUT2D eigenvalue weighted by atomic mass is 10.2. The predicted molar refractivity (Wildman–Crippen MR) is 76.2 cm³/mol. The lowest BCUT2D eigenvalue weighted by molar-refractivity contribution is -0.173. The van der Waals surface area contributed by atoms with Crippen LogP contribution in [-0.2, 0) is 23.7 Å². The molecule has 0 aliphatic rings. The highest BCUT2D eigenvalue weighted by Gasteiger charge is 2.14. The largest absolute Gasteiger partial charge is 0.457 e. The van der Waals surface area contributed by atoms with Crippen molar-refractivity contribution < 1.29 is 28.5 Å². The van der Waals surface area contributed by atoms with Crippen molar-refractivity contribution in [3.05, 3.63) is 35.9 Å². The van der Waals surface area contributed by atoms with Crippen LogP contribution in [0.5, 0.6) is 0 Å². The summed E-state index contributed by atoms with van der Waals surface area (Å²) in [6.07, 6.45) is -0.636. The number of benzene rings is 1. The minimum Gasteiger partial charge on any atom is -0.457 e. The van der Waals surface area contributed by atoms with Crippen molar-refractivity contribution in [2.45, 2.75) is 6.29 Å². The third-order valence-electron chi connectivity index (χ3n) is 2.54. The van der Waals surface area contributed by atoms with E-state index in [0.717, 1.165) is 0 Å². The molecule has 0 unspecified atom stereocenters. The van der Waals surface area contributed by atoms with Gasteiger partial charge in [-0.3, -0.25) is 0 Å². The van der Waals surface area contributed by atoms with Crippen molar-refractivity contribution in [1.82, 2.24) is 0 Å². The molecular weight excluding hydrogens is 276 g/mol. The Balaban J connectivity index is 2.37. The van der Waals surface area contributed by atoms with Crippen LogP contribution in [0, 0.1) is 0 Å². The fourth-order valence-corrected chi connectivity index (χ4v) is 1.47. The molecule has 0 amide bonds. The Morgan fingerprint density at radius 1 is 0.952 bits per heavy atom. The molecule has 1 aromatic rings. The summed E-state index contributed by atoms with van der Waals surface area (Å²) < 4.78 is 25.9. The Kier molecular flexibility index (Phi) is 9.39. The zero-order chi connectivity index (χ0) is 15.3. The zero-order valence-corrected chi connectivity index (χ0v) is 12.4. The van der Waals surface area contributed by atoms with E-state index >= 15 is 0 Å². The third kappa shape index (κ3) is 7.77. The zero-order valence-electron chi connectivity index (χ0n) is 12.4. The molecular formula is C15H22O6. The van der Waals surface area contributed by atoms with Gasteiger partial charge in [-0.05, 0) is 12.1 Å². The monoisotopic (exact) mass is 298 g/mol. The van der Waals surface area contributed by atoms with Gasteiger partial charge < -0.3 is 23.7 Å². The molecule has 1 rings (SSSR count). The average molecular weight is 298 g/mol. The molecule has 0 N–H and O–H groups in total. The maximum atomic E-state index is 11.8. The Hall–Kier alpha value is -1.47. The van der Waals surface area contributed by atoms with Crippen LogP contribution < -0.4 is 0 Å². The summed E-state index contributed by atoms with van der Waals surface area (Å²) in [6, 6.07) is 8.77. The van der Waals surface area contributed by atoms with E-state index in [1.165, 1.54) is 0 Å². The van der Waals surface area contributed by atoms with Crippen molar-refractivity contribution in [2.24, 2.45) is 0 Å². The number of esters is 1. The molecule has 0 aliphatic heterocycles. The van der Waals surface area contributed by atoms with E-state index in [-0.39, 0.29) is 6.61 Å². The first-order valence-electron chi connectivity index (χ1n) is 6.71. The summed E-state index contributed by atoms with van der Waals surface area (Å²) in [6.45, 7) is 1.61. The topological polar surface area (TPSA) is 63.2 Å². The van der Waals surface area contributed by atoms with Crippen molar-refractivity contribution in [3.8, 4) is 0 Å². The lowest BCUT2D eigenvalue weighted by Gasteiger charge is -2.18. The number of carbonyl (C=O) groups excluding carboxylic acids is 1. The van der Waals surface area contributed by atoms with Crippen LogP contribution in [0.25, 0.3) is 0 Å². The van der Waals surface area contributed by atoms with Gasteiger partial charge in [0.25, 0.3) is 0 Å². The summed E-state index contributed by atoms with van der Waals surface area (Å²) in [5, 5.41) is 0. The lowest BCUT2D eigenvalue weighted by Crippen LogP contribution is -2.28. The Labute approximate surface area is 124 Å². The molecule has 6 nitrogen and oxygen atoms in total. The van der Waals surface area contributed by atoms with E-state index in [0.29, 0.717) is 32.0 Å². The van der Waals surface area contributed by atoms with Gasteiger partial charge >= 0.3 is 5.97 Å². The molecule has 0 atom stereocenters. The van der Waals surface area contributed by atoms with Crippen LogP contribution in [0.15, 0.2) is 30.3 Å². The van der Waals surface area contributed by atoms with Crippen molar-refractivity contribution >= 4 is 5.97 Å². The molecule has 0 saturated carbocycles. The minimum absolute atomic E-state index is 0.0150. The molecule has 0 radical (unpaired) electrons. The van der Waals surface area contributed by atoms with E-state index < -0.39 is 12.3 Å². The molecule has 0 heterocycles. The molecule has 118 valence electrons. The summed E-state index contributed by atoms with van der Waals surface area (Å²) >= 11 is 0. The van der Waals surface area contributed by atoms with Gasteiger partial charge in [-0.15, -0.1) is 0 Å². The number of methoxy groups -OCH3 is 2. The molecule has 0 spiro atoms. The maximum Gasteiger partial charge on any atom is 0.338 e. The summed E-state index contributed by atoms with van der Waals surface area (Å²) in [5.41, 5.74) is 0.491. The quantitative estimate of drug-likeness (QED) is 0.350. The number of hydrogen-bond donors (Lipinski definition) is 0. The van der Waals surface area contributed by atoms with Crippen molar-refractivity contribution in [3.63, 3.8) is 0 Å². The Morgan fingerprint density at radius 2 is 1.52 bits per heavy atom. The summed E-state index contributed by atoms with van der Waals surface area (Å²) in [5.74, 6) is -0.411. The van der Waals surface area contributed by atoms with Gasteiger partial charge in [0.1, 0.15) is 6.61 Å². The SMILES string of the molecule is COCCOC(COC(=O)c1ccccc1)OCCOC. The van der Waals surface area contributed by atoms with Gasteiger partial charge in [0.2, 0.25) is 0 Å². The normalized spacial score (nSPS) is 10.8. The average Bonchev–Trinajstić information content (AvgIpc) is 2.53. The van der Waals surface area contributed by atoms with E-state index in [9.17, 15) is 4.79 Å². The van der Waals surface area contributed by atoms with Gasteiger partial charge in [0.05, 0.1) is 32.0 Å². The molecule has 0 bridgehead atoms. The van der Waals surface area contributed by atoms with Crippen LogP contribution in [0.1, 0.15) is 10.4 Å². The van der Waals surface area contributed by atoms with Crippen LogP contribution in [0.2, 0.25) is 0 Å². The number of hydrogen-bond acceptors (Lipinski definition) is 6. The molecule has 0 fully saturated rings. The first-order chi connectivity index (χ1) is 10.3. The third-order valence-corrected chi connectivity index (χ3v) is 2.54. The summed E-state index contributed by atoms with van der Waals surface area (Å²) in [7, 11) is 3.17. The number of carbonyl (C=O) groups is 1. The molecule has 6 heteroatoms. The highest BCUT2D eigenvalue weighted by atomic mass is 16.7. The predicted octanol–water partition coefficient (Wildman–Crippen LogP) is 1.50. The Bertz CT molecular complexity index is 371. The second-order valence-electron chi connectivity index (χ2n) is 4.12. The molecule has 0 aliphatic carbocycles. The van der Waals surface area contributed by atoms with Crippen molar-refractivity contribution in [1.29, 1.82) is 0 Å². The van der Waals surface area contributed by atoms with E-state index in [1.807, 2.05) is 6.07 Å².